The van der Waals surface area contributed by atoms with Gasteiger partial charge in [-0.15, -0.1) is 0 Å². The highest BCUT2D eigenvalue weighted by atomic mass is 16.2. The van der Waals surface area contributed by atoms with Gasteiger partial charge in [0.25, 0.3) is 11.5 Å². The molecular formula is C18H20N4O2. The molecule has 124 valence electrons. The molecule has 1 unspecified atom stereocenters. The Morgan fingerprint density at radius 1 is 1.29 bits per heavy atom. The van der Waals surface area contributed by atoms with Crippen LogP contribution in [-0.4, -0.2) is 20.9 Å². The predicted molar refractivity (Wildman–Crippen MR) is 88.7 cm³/mol. The summed E-state index contributed by atoms with van der Waals surface area (Å²) >= 11 is 0. The van der Waals surface area contributed by atoms with E-state index >= 15 is 0 Å². The minimum Gasteiger partial charge on any atom is -0.343 e. The summed E-state index contributed by atoms with van der Waals surface area (Å²) in [6.07, 6.45) is 7.38. The van der Waals surface area contributed by atoms with Crippen LogP contribution in [0.1, 0.15) is 65.1 Å². The molecule has 0 spiro atoms. The molecule has 2 aromatic rings. The molecule has 6 nitrogen and oxygen atoms in total. The van der Waals surface area contributed by atoms with Crippen LogP contribution < -0.4 is 10.9 Å². The Bertz CT molecular complexity index is 837. The molecule has 2 aliphatic carbocycles. The van der Waals surface area contributed by atoms with Gasteiger partial charge in [0.15, 0.2) is 0 Å². The maximum Gasteiger partial charge on any atom is 0.263 e. The minimum atomic E-state index is -0.381. The van der Waals surface area contributed by atoms with Crippen LogP contribution in [0.15, 0.2) is 29.3 Å². The molecule has 24 heavy (non-hydrogen) atoms. The first-order valence-electron chi connectivity index (χ1n) is 8.45. The predicted octanol–water partition coefficient (Wildman–Crippen LogP) is 2.23. The molecule has 2 heterocycles. The van der Waals surface area contributed by atoms with Crippen LogP contribution in [0.4, 0.5) is 0 Å². The maximum atomic E-state index is 12.6. The average Bonchev–Trinajstić information content (AvgIpc) is 3.46. The van der Waals surface area contributed by atoms with E-state index in [0.717, 1.165) is 36.9 Å². The number of H-pyrrole nitrogens is 1. The Hall–Kier alpha value is -2.50. The molecule has 2 aromatic heterocycles. The highest BCUT2D eigenvalue weighted by Gasteiger charge is 2.35. The molecule has 1 amide bonds. The van der Waals surface area contributed by atoms with E-state index in [2.05, 4.69) is 20.3 Å². The van der Waals surface area contributed by atoms with Crippen molar-refractivity contribution in [1.29, 1.82) is 0 Å². The summed E-state index contributed by atoms with van der Waals surface area (Å²) in [4.78, 5) is 36.2. The lowest BCUT2D eigenvalue weighted by atomic mass is 10.0. The summed E-state index contributed by atoms with van der Waals surface area (Å²) < 4.78 is 0. The quantitative estimate of drug-likeness (QED) is 0.883. The largest absolute Gasteiger partial charge is 0.343 e. The van der Waals surface area contributed by atoms with Gasteiger partial charge in [-0.3, -0.25) is 14.6 Å². The Labute approximate surface area is 139 Å². The van der Waals surface area contributed by atoms with Gasteiger partial charge in [-0.25, -0.2) is 4.98 Å². The van der Waals surface area contributed by atoms with Crippen LogP contribution in [0.25, 0.3) is 0 Å². The number of hydrogen-bond acceptors (Lipinski definition) is 4. The molecule has 0 bridgehead atoms. The first-order chi connectivity index (χ1) is 11.6. The second-order valence-electron chi connectivity index (χ2n) is 6.78. The van der Waals surface area contributed by atoms with Crippen LogP contribution in [0.2, 0.25) is 0 Å². The zero-order valence-corrected chi connectivity index (χ0v) is 13.6. The van der Waals surface area contributed by atoms with E-state index in [-0.39, 0.29) is 23.1 Å². The zero-order valence-electron chi connectivity index (χ0n) is 13.6. The smallest absolute Gasteiger partial charge is 0.263 e. The lowest BCUT2D eigenvalue weighted by Crippen LogP contribution is -2.35. The van der Waals surface area contributed by atoms with Crippen LogP contribution in [-0.2, 0) is 0 Å². The second kappa shape index (κ2) is 5.85. The number of pyridine rings is 1. The monoisotopic (exact) mass is 324 g/mol. The van der Waals surface area contributed by atoms with E-state index in [0.29, 0.717) is 17.7 Å². The first kappa shape index (κ1) is 15.1. The Morgan fingerprint density at radius 3 is 2.71 bits per heavy atom. The number of hydrogen-bond donors (Lipinski definition) is 2. The third-order valence-corrected chi connectivity index (χ3v) is 4.75. The highest BCUT2D eigenvalue weighted by molar-refractivity contribution is 5.93. The number of amides is 1. The zero-order chi connectivity index (χ0) is 16.7. The van der Waals surface area contributed by atoms with Gasteiger partial charge in [0.05, 0.1) is 11.7 Å². The molecular weight excluding hydrogens is 304 g/mol. The van der Waals surface area contributed by atoms with Gasteiger partial charge in [-0.1, -0.05) is 6.07 Å². The lowest BCUT2D eigenvalue weighted by molar-refractivity contribution is 0.0928. The van der Waals surface area contributed by atoms with Crippen LogP contribution in [0.5, 0.6) is 0 Å². The fourth-order valence-corrected chi connectivity index (χ4v) is 3.02. The van der Waals surface area contributed by atoms with Crippen LogP contribution in [0, 0.1) is 12.8 Å². The normalized spacial score (nSPS) is 18.2. The number of carbonyl (C=O) groups is 1. The van der Waals surface area contributed by atoms with Gasteiger partial charge in [-0.2, -0.15) is 0 Å². The van der Waals surface area contributed by atoms with Gasteiger partial charge in [0.1, 0.15) is 11.4 Å². The fourth-order valence-electron chi connectivity index (χ4n) is 3.02. The minimum absolute atomic E-state index is 0.0682. The molecule has 0 saturated heterocycles. The fraction of sp³-hybridized carbons (Fsp3) is 0.444. The van der Waals surface area contributed by atoms with E-state index in [1.54, 1.807) is 6.20 Å². The Balaban J connectivity index is 1.58. The van der Waals surface area contributed by atoms with Gasteiger partial charge in [-0.05, 0) is 50.2 Å². The number of aromatic nitrogens is 3. The molecule has 6 heteroatoms. The SMILES string of the molecule is Cc1cccnc1C(NC(=O)c1cnc(C2CC2)[nH]c1=O)C1CC1. The molecule has 4 rings (SSSR count). The number of nitrogens with zero attached hydrogens (tertiary/aromatic N) is 2. The molecule has 0 aliphatic heterocycles. The van der Waals surface area contributed by atoms with Crippen LogP contribution >= 0.6 is 0 Å². The molecule has 2 aliphatic rings. The number of carbonyl (C=O) groups excluding carboxylic acids is 1. The summed E-state index contributed by atoms with van der Waals surface area (Å²) in [7, 11) is 0. The molecule has 1 atom stereocenters. The third kappa shape index (κ3) is 2.96. The van der Waals surface area contributed by atoms with Gasteiger partial charge in [0.2, 0.25) is 0 Å². The standard InChI is InChI=1S/C18H20N4O2/c1-10-3-2-8-19-14(10)15(11-4-5-11)21-17(23)13-9-20-16(12-6-7-12)22-18(13)24/h2-3,8-9,11-12,15H,4-7H2,1H3,(H,21,23)(H,20,22,24). The summed E-state index contributed by atoms with van der Waals surface area (Å²) in [6, 6.07) is 3.72. The highest BCUT2D eigenvalue weighted by Crippen LogP contribution is 2.41. The van der Waals surface area contributed by atoms with Gasteiger partial charge < -0.3 is 10.3 Å². The van der Waals surface area contributed by atoms with Crippen molar-refractivity contribution in [1.82, 2.24) is 20.3 Å². The topological polar surface area (TPSA) is 87.7 Å². The molecule has 2 saturated carbocycles. The third-order valence-electron chi connectivity index (χ3n) is 4.75. The summed E-state index contributed by atoms with van der Waals surface area (Å²) in [5.74, 6) is 1.05. The number of aromatic amines is 1. The summed E-state index contributed by atoms with van der Waals surface area (Å²) in [5, 5.41) is 3.00. The summed E-state index contributed by atoms with van der Waals surface area (Å²) in [6.45, 7) is 1.99. The first-order valence-corrected chi connectivity index (χ1v) is 8.45. The van der Waals surface area contributed by atoms with Crippen molar-refractivity contribution in [2.45, 2.75) is 44.6 Å². The van der Waals surface area contributed by atoms with E-state index in [4.69, 9.17) is 0 Å². The van der Waals surface area contributed by atoms with E-state index in [1.807, 2.05) is 19.1 Å². The summed E-state index contributed by atoms with van der Waals surface area (Å²) in [5.41, 5.74) is 1.63. The number of aryl methyl sites for hydroxylation is 1. The van der Waals surface area contributed by atoms with Crippen molar-refractivity contribution in [3.63, 3.8) is 0 Å². The van der Waals surface area contributed by atoms with Crippen molar-refractivity contribution >= 4 is 5.91 Å². The van der Waals surface area contributed by atoms with Crippen molar-refractivity contribution < 1.29 is 4.79 Å². The van der Waals surface area contributed by atoms with Crippen molar-refractivity contribution in [3.8, 4) is 0 Å². The lowest BCUT2D eigenvalue weighted by Gasteiger charge is -2.19. The number of rotatable bonds is 5. The van der Waals surface area contributed by atoms with Crippen LogP contribution in [0.3, 0.4) is 0 Å². The van der Waals surface area contributed by atoms with E-state index < -0.39 is 0 Å². The maximum absolute atomic E-state index is 12.6. The van der Waals surface area contributed by atoms with Crippen molar-refractivity contribution in [2.24, 2.45) is 5.92 Å². The van der Waals surface area contributed by atoms with Crippen molar-refractivity contribution in [2.75, 3.05) is 0 Å². The Morgan fingerprint density at radius 2 is 2.08 bits per heavy atom. The molecule has 2 N–H and O–H groups in total. The van der Waals surface area contributed by atoms with Gasteiger partial charge in [0, 0.05) is 18.3 Å². The van der Waals surface area contributed by atoms with Gasteiger partial charge >= 0.3 is 0 Å². The molecule has 0 radical (unpaired) electrons. The molecule has 2 fully saturated rings. The van der Waals surface area contributed by atoms with Crippen molar-refractivity contribution in [3.05, 3.63) is 57.5 Å². The van der Waals surface area contributed by atoms with E-state index in [1.165, 1.54) is 6.20 Å². The average molecular weight is 324 g/mol. The Kier molecular flexibility index (Phi) is 3.67. The number of nitrogens with one attached hydrogen (secondary N) is 2. The second-order valence-corrected chi connectivity index (χ2v) is 6.78. The molecule has 0 aromatic carbocycles. The van der Waals surface area contributed by atoms with E-state index in [9.17, 15) is 9.59 Å².